The molecule has 3 atom stereocenters. The van der Waals surface area contributed by atoms with Crippen LogP contribution in [0, 0.1) is 0 Å². The van der Waals surface area contributed by atoms with Gasteiger partial charge in [-0.15, -0.1) is 0 Å². The van der Waals surface area contributed by atoms with Crippen molar-refractivity contribution < 1.29 is 37.3 Å². The fourth-order valence-corrected chi connectivity index (χ4v) is 9.26. The Kier molecular flexibility index (Phi) is 50.5. The van der Waals surface area contributed by atoms with Crippen LogP contribution in [-0.2, 0) is 27.9 Å². The topological polar surface area (TPSA) is 111 Å². The maximum atomic E-state index is 13.5. The van der Waals surface area contributed by atoms with Crippen molar-refractivity contribution >= 4 is 19.7 Å². The van der Waals surface area contributed by atoms with Crippen LogP contribution in [0.5, 0.6) is 0 Å². The van der Waals surface area contributed by atoms with Gasteiger partial charge in [-0.05, 0) is 70.3 Å². The number of carbonyl (C=O) groups is 2. The smallest absolute Gasteiger partial charge is 0.456 e. The molecule has 0 saturated heterocycles. The minimum absolute atomic E-state index is 0.0320. The van der Waals surface area contributed by atoms with Crippen molar-refractivity contribution in [1.29, 1.82) is 0 Å². The number of hydrogen-bond acceptors (Lipinski definition) is 6. The van der Waals surface area contributed by atoms with Gasteiger partial charge < -0.3 is 19.4 Å². The summed E-state index contributed by atoms with van der Waals surface area (Å²) in [6.45, 7) is 6.97. The van der Waals surface area contributed by atoms with Crippen molar-refractivity contribution in [3.05, 3.63) is 60.8 Å². The standard InChI is InChI=1S/C62H115N2O7P/c1-7-10-13-16-19-22-25-28-30-32-34-37-40-43-46-49-52-55-62(66)71-60(53-50-47-44-41-38-35-27-24-21-18-15-12-9-3)59(58-70-72(67,68)69-57-56-64(4,5)6)63-61(65)54-51-48-45-42-39-36-33-31-29-26-23-20-17-14-11-8-2/h19,22,28,30,34,37,43,46,50,53,59-60H,7-18,20-21,23-27,29,31-33,35-36,38-42,44-45,47-49,51-52,54-58H2,1-6H3,(H-,63,65,67,68)/p+1/b22-19-,30-28-,37-34-,46-43-,53-50+. The number of phosphoric acid groups is 1. The van der Waals surface area contributed by atoms with Crippen LogP contribution < -0.4 is 5.32 Å². The van der Waals surface area contributed by atoms with Gasteiger partial charge in [0.1, 0.15) is 19.3 Å². The van der Waals surface area contributed by atoms with Gasteiger partial charge in [0.25, 0.3) is 0 Å². The zero-order chi connectivity index (χ0) is 52.9. The van der Waals surface area contributed by atoms with Crippen LogP contribution >= 0.6 is 7.82 Å². The highest BCUT2D eigenvalue weighted by Crippen LogP contribution is 2.43. The van der Waals surface area contributed by atoms with Crippen molar-refractivity contribution in [2.45, 2.75) is 283 Å². The Bertz CT molecular complexity index is 1420. The fourth-order valence-electron chi connectivity index (χ4n) is 8.52. The van der Waals surface area contributed by atoms with E-state index in [9.17, 15) is 19.0 Å². The number of quaternary nitrogens is 1. The summed E-state index contributed by atoms with van der Waals surface area (Å²) in [6, 6.07) is -0.868. The summed E-state index contributed by atoms with van der Waals surface area (Å²) >= 11 is 0. The van der Waals surface area contributed by atoms with Gasteiger partial charge in [0.05, 0.1) is 33.8 Å². The summed E-state index contributed by atoms with van der Waals surface area (Å²) in [5.74, 6) is -0.563. The van der Waals surface area contributed by atoms with E-state index in [1.165, 1.54) is 167 Å². The monoisotopic (exact) mass is 1030 g/mol. The Hall–Kier alpha value is -2.29. The number of allylic oxidation sites excluding steroid dienone is 9. The first kappa shape index (κ1) is 69.7. The van der Waals surface area contributed by atoms with Crippen LogP contribution in [0.15, 0.2) is 60.8 Å². The summed E-state index contributed by atoms with van der Waals surface area (Å²) in [4.78, 5) is 37.6. The third-order valence-electron chi connectivity index (χ3n) is 13.2. The summed E-state index contributed by atoms with van der Waals surface area (Å²) in [6.07, 6.45) is 65.0. The number of esters is 1. The first-order valence-electron chi connectivity index (χ1n) is 30.1. The van der Waals surface area contributed by atoms with Gasteiger partial charge >= 0.3 is 13.8 Å². The predicted molar refractivity (Wildman–Crippen MR) is 309 cm³/mol. The number of phosphoric ester groups is 1. The molecule has 0 fully saturated rings. The molecular formula is C62H116N2O7P+. The number of rotatable bonds is 54. The second kappa shape index (κ2) is 52.2. The first-order chi connectivity index (χ1) is 34.9. The highest BCUT2D eigenvalue weighted by atomic mass is 31.2. The van der Waals surface area contributed by atoms with Crippen molar-refractivity contribution in [2.24, 2.45) is 0 Å². The zero-order valence-corrected chi connectivity index (χ0v) is 48.8. The molecule has 0 aromatic heterocycles. The maximum Gasteiger partial charge on any atom is 0.472 e. The van der Waals surface area contributed by atoms with Crippen LogP contribution in [0.25, 0.3) is 0 Å². The van der Waals surface area contributed by atoms with E-state index in [0.717, 1.165) is 64.2 Å². The minimum atomic E-state index is -4.46. The van der Waals surface area contributed by atoms with Crippen molar-refractivity contribution in [1.82, 2.24) is 5.32 Å². The SMILES string of the molecule is CCCCC/C=C\C/C=C\C/C=C\C/C=C\CCCC(=O)OC(/C=C/CCCCCCCCCCCCC)C(COP(=O)(O)OCC[N+](C)(C)C)NC(=O)CCCCCCCCCCCCCCCCCC. The molecule has 0 saturated carbocycles. The van der Waals surface area contributed by atoms with Gasteiger partial charge in [0.2, 0.25) is 5.91 Å². The fraction of sp³-hybridized carbons (Fsp3) is 0.806. The molecule has 0 aromatic carbocycles. The Labute approximate surface area is 445 Å². The number of nitrogens with one attached hydrogen (secondary N) is 1. The molecule has 0 aliphatic rings. The van der Waals surface area contributed by atoms with Gasteiger partial charge in [-0.2, -0.15) is 0 Å². The average Bonchev–Trinajstić information content (AvgIpc) is 3.34. The highest BCUT2D eigenvalue weighted by molar-refractivity contribution is 7.47. The van der Waals surface area contributed by atoms with Crippen molar-refractivity contribution in [3.8, 4) is 0 Å². The van der Waals surface area contributed by atoms with Crippen molar-refractivity contribution in [2.75, 3.05) is 40.9 Å². The van der Waals surface area contributed by atoms with Gasteiger partial charge in [-0.25, -0.2) is 4.57 Å². The van der Waals surface area contributed by atoms with Crippen LogP contribution in [0.4, 0.5) is 0 Å². The quantitative estimate of drug-likeness (QED) is 0.0205. The van der Waals surface area contributed by atoms with E-state index in [4.69, 9.17) is 13.8 Å². The summed E-state index contributed by atoms with van der Waals surface area (Å²) in [5.41, 5.74) is 0. The molecule has 0 aliphatic heterocycles. The molecule has 0 rings (SSSR count). The average molecular weight is 1030 g/mol. The number of likely N-dealkylation sites (N-methyl/N-ethyl adjacent to an activating group) is 1. The molecule has 3 unspecified atom stereocenters. The molecule has 0 aromatic rings. The third-order valence-corrected chi connectivity index (χ3v) is 14.2. The molecule has 0 heterocycles. The molecule has 0 spiro atoms. The zero-order valence-electron chi connectivity index (χ0n) is 47.9. The van der Waals surface area contributed by atoms with E-state index in [2.05, 4.69) is 74.7 Å². The second-order valence-corrected chi connectivity index (χ2v) is 23.0. The van der Waals surface area contributed by atoms with Crippen LogP contribution in [-0.4, -0.2) is 74.3 Å². The van der Waals surface area contributed by atoms with Crippen LogP contribution in [0.3, 0.4) is 0 Å². The third kappa shape index (κ3) is 52.6. The summed E-state index contributed by atoms with van der Waals surface area (Å²) in [7, 11) is 1.47. The lowest BCUT2D eigenvalue weighted by Crippen LogP contribution is -2.47. The normalized spacial score (nSPS) is 14.2. The van der Waals surface area contributed by atoms with E-state index >= 15 is 0 Å². The number of hydrogen-bond donors (Lipinski definition) is 2. The van der Waals surface area contributed by atoms with Gasteiger partial charge in [0.15, 0.2) is 0 Å². The molecule has 9 nitrogen and oxygen atoms in total. The van der Waals surface area contributed by atoms with Gasteiger partial charge in [0, 0.05) is 12.8 Å². The number of carbonyl (C=O) groups excluding carboxylic acids is 2. The molecule has 0 radical (unpaired) electrons. The maximum absolute atomic E-state index is 13.5. The lowest BCUT2D eigenvalue weighted by molar-refractivity contribution is -0.870. The number of nitrogens with zero attached hydrogens (tertiary/aromatic N) is 1. The molecule has 10 heteroatoms. The largest absolute Gasteiger partial charge is 0.472 e. The molecule has 1 amide bonds. The Morgan fingerprint density at radius 2 is 0.861 bits per heavy atom. The summed E-state index contributed by atoms with van der Waals surface area (Å²) < 4.78 is 30.6. The number of unbranched alkanes of at least 4 members (excludes halogenated alkanes) is 30. The first-order valence-corrected chi connectivity index (χ1v) is 31.6. The van der Waals surface area contributed by atoms with Crippen molar-refractivity contribution in [3.63, 3.8) is 0 Å². The lowest BCUT2D eigenvalue weighted by atomic mass is 10.0. The predicted octanol–water partition coefficient (Wildman–Crippen LogP) is 18.3. The lowest BCUT2D eigenvalue weighted by Gasteiger charge is -2.27. The Balaban J connectivity index is 5.41. The van der Waals surface area contributed by atoms with E-state index in [0.29, 0.717) is 23.9 Å². The molecule has 420 valence electrons. The minimum Gasteiger partial charge on any atom is -0.456 e. The Morgan fingerprint density at radius 1 is 0.486 bits per heavy atom. The highest BCUT2D eigenvalue weighted by Gasteiger charge is 2.30. The van der Waals surface area contributed by atoms with Crippen LogP contribution in [0.1, 0.15) is 271 Å². The molecule has 2 N–H and O–H groups in total. The molecule has 0 bridgehead atoms. The second-order valence-electron chi connectivity index (χ2n) is 21.5. The number of amides is 1. The van der Waals surface area contributed by atoms with E-state index in [1.807, 2.05) is 33.3 Å². The van der Waals surface area contributed by atoms with Gasteiger partial charge in [-0.3, -0.25) is 18.6 Å². The summed E-state index contributed by atoms with van der Waals surface area (Å²) in [5, 5.41) is 3.04. The van der Waals surface area contributed by atoms with E-state index in [1.54, 1.807) is 0 Å². The molecule has 72 heavy (non-hydrogen) atoms. The van der Waals surface area contributed by atoms with E-state index in [-0.39, 0.29) is 31.5 Å². The molecular weight excluding hydrogens is 916 g/mol. The Morgan fingerprint density at radius 3 is 1.32 bits per heavy atom. The number of ether oxygens (including phenoxy) is 1. The molecule has 0 aliphatic carbocycles. The van der Waals surface area contributed by atoms with Gasteiger partial charge in [-0.1, -0.05) is 249 Å². The van der Waals surface area contributed by atoms with Crippen LogP contribution in [0.2, 0.25) is 0 Å². The van der Waals surface area contributed by atoms with E-state index < -0.39 is 20.0 Å².